The van der Waals surface area contributed by atoms with E-state index < -0.39 is 11.3 Å². The summed E-state index contributed by atoms with van der Waals surface area (Å²) in [6.07, 6.45) is 7.04. The summed E-state index contributed by atoms with van der Waals surface area (Å²) in [6, 6.07) is 5.31. The minimum Gasteiger partial charge on any atom is -0.444 e. The number of halogens is 1. The largest absolute Gasteiger partial charge is 0.444 e. The summed E-state index contributed by atoms with van der Waals surface area (Å²) in [6.45, 7) is 1.61. The van der Waals surface area contributed by atoms with Gasteiger partial charge in [-0.15, -0.1) is 0 Å². The van der Waals surface area contributed by atoms with Crippen molar-refractivity contribution in [1.29, 1.82) is 5.26 Å². The predicted molar refractivity (Wildman–Crippen MR) is 112 cm³/mol. The SMILES string of the molecule is N#Cc1cc2c(Br)c(NC3CCC(N4C[C@@H]5C[C@H]4CN5S(=O)O)CC3)ncc2o1. The summed E-state index contributed by atoms with van der Waals surface area (Å²) < 4.78 is 28.8. The standard InChI is InChI=1S/C19H22BrN5O3S/c20-18-16-6-15(7-21)28-17(16)8-22-19(18)23-11-1-3-12(4-2-11)24-9-14-5-13(24)10-25(14)29(26)27/h6,8,11-14H,1-5,9-10H2,(H,22,23)(H,26,27)/t11?,12?,13-,14-/m0/s1. The lowest BCUT2D eigenvalue weighted by Gasteiger charge is -2.41. The fourth-order valence-electron chi connectivity index (χ4n) is 5.18. The number of hydrogen-bond acceptors (Lipinski definition) is 6. The molecule has 2 aliphatic heterocycles. The van der Waals surface area contributed by atoms with E-state index in [1.807, 2.05) is 6.07 Å². The van der Waals surface area contributed by atoms with Crippen LogP contribution in [0.5, 0.6) is 0 Å². The van der Waals surface area contributed by atoms with Crippen LogP contribution < -0.4 is 5.32 Å². The number of aromatic nitrogens is 1. The molecule has 2 aromatic rings. The summed E-state index contributed by atoms with van der Waals surface area (Å²) in [7, 11) is 0. The van der Waals surface area contributed by atoms with Gasteiger partial charge in [-0.3, -0.25) is 9.45 Å². The van der Waals surface area contributed by atoms with Gasteiger partial charge in [0.2, 0.25) is 17.0 Å². The third-order valence-electron chi connectivity index (χ3n) is 6.57. The van der Waals surface area contributed by atoms with Crippen LogP contribution in [0.25, 0.3) is 11.0 Å². The molecular weight excluding hydrogens is 458 g/mol. The van der Waals surface area contributed by atoms with Gasteiger partial charge in [-0.25, -0.2) is 9.19 Å². The number of anilines is 1. The van der Waals surface area contributed by atoms with Crippen LogP contribution in [-0.2, 0) is 11.3 Å². The van der Waals surface area contributed by atoms with Gasteiger partial charge in [0.15, 0.2) is 5.58 Å². The molecule has 2 bridgehead atoms. The molecule has 2 saturated heterocycles. The number of nitrogens with zero attached hydrogens (tertiary/aromatic N) is 4. The number of hydrogen-bond donors (Lipinski definition) is 2. The maximum absolute atomic E-state index is 11.4. The number of nitrogens with one attached hydrogen (secondary N) is 1. The van der Waals surface area contributed by atoms with Gasteiger partial charge < -0.3 is 9.73 Å². The van der Waals surface area contributed by atoms with Crippen molar-refractivity contribution >= 4 is 44.0 Å². The zero-order valence-corrected chi connectivity index (χ0v) is 18.2. The first-order chi connectivity index (χ1) is 14.0. The van der Waals surface area contributed by atoms with Crippen LogP contribution in [0.3, 0.4) is 0 Å². The van der Waals surface area contributed by atoms with E-state index in [2.05, 4.69) is 31.1 Å². The molecule has 29 heavy (non-hydrogen) atoms. The zero-order chi connectivity index (χ0) is 20.1. The highest BCUT2D eigenvalue weighted by Gasteiger charge is 2.47. The van der Waals surface area contributed by atoms with Crippen molar-refractivity contribution in [3.8, 4) is 6.07 Å². The van der Waals surface area contributed by atoms with Crippen LogP contribution in [-0.4, -0.2) is 60.2 Å². The summed E-state index contributed by atoms with van der Waals surface area (Å²) in [5.41, 5.74) is 0.602. The number of nitriles is 1. The van der Waals surface area contributed by atoms with Crippen molar-refractivity contribution < 1.29 is 13.2 Å². The molecule has 0 aromatic carbocycles. The Bertz CT molecular complexity index is 1000. The number of likely N-dealkylation sites (tertiary alicyclic amines) is 1. The first-order valence-corrected chi connectivity index (χ1v) is 11.8. The van der Waals surface area contributed by atoms with Crippen LogP contribution in [0, 0.1) is 11.3 Å². The summed E-state index contributed by atoms with van der Waals surface area (Å²) in [5.74, 6) is 1.07. The molecule has 1 unspecified atom stereocenters. The Morgan fingerprint density at radius 1 is 1.28 bits per heavy atom. The zero-order valence-electron chi connectivity index (χ0n) is 15.8. The number of furan rings is 1. The molecule has 3 fully saturated rings. The molecule has 10 heteroatoms. The van der Waals surface area contributed by atoms with E-state index in [0.717, 1.165) is 54.3 Å². The lowest BCUT2D eigenvalue weighted by atomic mass is 9.89. The van der Waals surface area contributed by atoms with Crippen molar-refractivity contribution in [1.82, 2.24) is 14.2 Å². The molecule has 0 radical (unpaired) electrons. The molecule has 0 spiro atoms. The average molecular weight is 480 g/mol. The average Bonchev–Trinajstić information content (AvgIpc) is 3.44. The molecule has 2 aromatic heterocycles. The predicted octanol–water partition coefficient (Wildman–Crippen LogP) is 3.08. The molecule has 0 amide bonds. The summed E-state index contributed by atoms with van der Waals surface area (Å²) >= 11 is 1.76. The Morgan fingerprint density at radius 2 is 2.07 bits per heavy atom. The second-order valence-electron chi connectivity index (χ2n) is 8.14. The van der Waals surface area contributed by atoms with Gasteiger partial charge in [0.05, 0.1) is 10.7 Å². The van der Waals surface area contributed by atoms with Gasteiger partial charge in [-0.1, -0.05) is 0 Å². The first kappa shape index (κ1) is 19.5. The minimum atomic E-state index is -1.84. The van der Waals surface area contributed by atoms with E-state index in [1.165, 1.54) is 0 Å². The van der Waals surface area contributed by atoms with Gasteiger partial charge in [0.1, 0.15) is 11.9 Å². The van der Waals surface area contributed by atoms with Gasteiger partial charge in [-0.2, -0.15) is 9.57 Å². The smallest absolute Gasteiger partial charge is 0.234 e. The number of rotatable bonds is 4. The Morgan fingerprint density at radius 3 is 2.72 bits per heavy atom. The highest BCUT2D eigenvalue weighted by atomic mass is 79.9. The number of piperazine rings is 1. The van der Waals surface area contributed by atoms with Crippen LogP contribution in [0.2, 0.25) is 0 Å². The number of fused-ring (bicyclic) bond motifs is 3. The van der Waals surface area contributed by atoms with E-state index in [1.54, 1.807) is 16.6 Å². The molecule has 5 rings (SSSR count). The topological polar surface area (TPSA) is 106 Å². The van der Waals surface area contributed by atoms with E-state index >= 15 is 0 Å². The van der Waals surface area contributed by atoms with Crippen molar-refractivity contribution in [2.45, 2.75) is 56.3 Å². The van der Waals surface area contributed by atoms with Crippen LogP contribution in [0.4, 0.5) is 5.82 Å². The third kappa shape index (κ3) is 3.49. The monoisotopic (exact) mass is 479 g/mol. The Hall–Kier alpha value is -1.51. The summed E-state index contributed by atoms with van der Waals surface area (Å²) in [4.78, 5) is 7.04. The van der Waals surface area contributed by atoms with E-state index in [9.17, 15) is 8.76 Å². The van der Waals surface area contributed by atoms with Crippen molar-refractivity contribution in [2.75, 3.05) is 18.4 Å². The molecule has 3 atom stereocenters. The van der Waals surface area contributed by atoms with Crippen molar-refractivity contribution in [3.05, 3.63) is 22.5 Å². The quantitative estimate of drug-likeness (QED) is 0.648. The van der Waals surface area contributed by atoms with Crippen molar-refractivity contribution in [2.24, 2.45) is 0 Å². The maximum Gasteiger partial charge on any atom is 0.234 e. The first-order valence-electron chi connectivity index (χ1n) is 9.91. The number of pyridine rings is 1. The fraction of sp³-hybridized carbons (Fsp3) is 0.579. The van der Waals surface area contributed by atoms with E-state index in [-0.39, 0.29) is 11.8 Å². The molecule has 1 aliphatic carbocycles. The molecule has 3 aliphatic rings. The van der Waals surface area contributed by atoms with Gasteiger partial charge in [0, 0.05) is 48.7 Å². The molecule has 2 N–H and O–H groups in total. The Labute approximate surface area is 179 Å². The van der Waals surface area contributed by atoms with Crippen molar-refractivity contribution in [3.63, 3.8) is 0 Å². The Balaban J connectivity index is 1.20. The Kier molecular flexibility index (Phi) is 5.12. The highest BCUT2D eigenvalue weighted by Crippen LogP contribution is 2.38. The molecular formula is C19H22BrN5O3S. The van der Waals surface area contributed by atoms with Crippen LogP contribution >= 0.6 is 15.9 Å². The van der Waals surface area contributed by atoms with E-state index in [0.29, 0.717) is 30.3 Å². The normalized spacial score (nSPS) is 31.2. The lowest BCUT2D eigenvalue weighted by molar-refractivity contribution is 0.101. The summed E-state index contributed by atoms with van der Waals surface area (Å²) in [5, 5.41) is 13.4. The minimum absolute atomic E-state index is 0.224. The molecule has 4 heterocycles. The highest BCUT2D eigenvalue weighted by molar-refractivity contribution is 9.10. The fourth-order valence-corrected chi connectivity index (χ4v) is 6.41. The van der Waals surface area contributed by atoms with Gasteiger partial charge >= 0.3 is 0 Å². The molecule has 1 saturated carbocycles. The second-order valence-corrected chi connectivity index (χ2v) is 9.86. The molecule has 154 valence electrons. The van der Waals surface area contributed by atoms with Gasteiger partial charge in [0.25, 0.3) is 0 Å². The maximum atomic E-state index is 11.4. The van der Waals surface area contributed by atoms with Gasteiger partial charge in [-0.05, 0) is 48.0 Å². The third-order valence-corrected chi connectivity index (χ3v) is 8.22. The van der Waals surface area contributed by atoms with Crippen LogP contribution in [0.1, 0.15) is 37.9 Å². The second kappa shape index (κ2) is 7.63. The van der Waals surface area contributed by atoms with E-state index in [4.69, 9.17) is 9.68 Å². The molecule has 8 nitrogen and oxygen atoms in total. The lowest BCUT2D eigenvalue weighted by Crippen LogP contribution is -2.51. The van der Waals surface area contributed by atoms with Crippen LogP contribution in [0.15, 0.2) is 21.2 Å².